The van der Waals surface area contributed by atoms with Gasteiger partial charge in [-0.05, 0) is 65.6 Å². The van der Waals surface area contributed by atoms with Crippen molar-refractivity contribution in [2.45, 2.75) is 32.7 Å². The van der Waals surface area contributed by atoms with E-state index in [1.54, 1.807) is 0 Å². The van der Waals surface area contributed by atoms with Crippen LogP contribution >= 0.6 is 27.5 Å². The molecule has 0 saturated carbocycles. The van der Waals surface area contributed by atoms with Crippen LogP contribution in [-0.4, -0.2) is 6.54 Å². The molecule has 20 heavy (non-hydrogen) atoms. The monoisotopic (exact) mass is 355 g/mol. The van der Waals surface area contributed by atoms with Gasteiger partial charge in [0.15, 0.2) is 0 Å². The Labute approximate surface area is 133 Å². The molecule has 1 heterocycles. The van der Waals surface area contributed by atoms with Crippen molar-refractivity contribution >= 4 is 27.5 Å². The average molecular weight is 357 g/mol. The van der Waals surface area contributed by atoms with Crippen LogP contribution in [0, 0.1) is 0 Å². The first kappa shape index (κ1) is 15.6. The zero-order valence-corrected chi connectivity index (χ0v) is 14.1. The molecule has 0 aliphatic heterocycles. The minimum Gasteiger partial charge on any atom is -0.459 e. The van der Waals surface area contributed by atoms with E-state index >= 15 is 0 Å². The van der Waals surface area contributed by atoms with Crippen molar-refractivity contribution in [3.63, 3.8) is 0 Å². The van der Waals surface area contributed by atoms with Crippen LogP contribution in [0.2, 0.25) is 5.02 Å². The molecule has 0 bridgehead atoms. The third-order valence-electron chi connectivity index (χ3n) is 3.22. The smallest absolute Gasteiger partial charge is 0.134 e. The first-order valence-electron chi connectivity index (χ1n) is 6.94. The zero-order valence-electron chi connectivity index (χ0n) is 11.7. The Hall–Kier alpha value is -0.770. The van der Waals surface area contributed by atoms with E-state index in [4.69, 9.17) is 16.0 Å². The summed E-state index contributed by atoms with van der Waals surface area (Å²) < 4.78 is 6.87. The lowest BCUT2D eigenvalue weighted by Crippen LogP contribution is -2.20. The zero-order chi connectivity index (χ0) is 14.5. The number of hydrogen-bond acceptors (Lipinski definition) is 2. The Kier molecular flexibility index (Phi) is 5.70. The summed E-state index contributed by atoms with van der Waals surface area (Å²) >= 11 is 9.46. The predicted octanol–water partition coefficient (Wildman–Crippen LogP) is 5.81. The van der Waals surface area contributed by atoms with E-state index in [0.717, 1.165) is 40.9 Å². The van der Waals surface area contributed by atoms with Gasteiger partial charge in [-0.15, -0.1) is 0 Å². The fourth-order valence-corrected chi connectivity index (χ4v) is 2.61. The van der Waals surface area contributed by atoms with Crippen LogP contribution in [0.4, 0.5) is 0 Å². The highest BCUT2D eigenvalue weighted by molar-refractivity contribution is 9.10. The Morgan fingerprint density at radius 3 is 2.70 bits per heavy atom. The summed E-state index contributed by atoms with van der Waals surface area (Å²) in [5.74, 6) is 1.86. The van der Waals surface area contributed by atoms with Gasteiger partial charge in [0.05, 0.1) is 11.1 Å². The van der Waals surface area contributed by atoms with E-state index in [9.17, 15) is 0 Å². The normalized spacial score (nSPS) is 12.6. The van der Waals surface area contributed by atoms with Gasteiger partial charge >= 0.3 is 0 Å². The fraction of sp³-hybridized carbons (Fsp3) is 0.375. The van der Waals surface area contributed by atoms with Gasteiger partial charge < -0.3 is 9.73 Å². The second kappa shape index (κ2) is 7.30. The van der Waals surface area contributed by atoms with E-state index < -0.39 is 0 Å². The van der Waals surface area contributed by atoms with Gasteiger partial charge in [0.2, 0.25) is 0 Å². The molecule has 1 atom stereocenters. The van der Waals surface area contributed by atoms with Crippen LogP contribution in [0.5, 0.6) is 0 Å². The van der Waals surface area contributed by atoms with E-state index in [1.807, 2.05) is 24.3 Å². The molecule has 4 heteroatoms. The Balaban J connectivity index is 2.20. The van der Waals surface area contributed by atoms with Gasteiger partial charge in [-0.2, -0.15) is 0 Å². The van der Waals surface area contributed by atoms with E-state index in [1.165, 1.54) is 0 Å². The van der Waals surface area contributed by atoms with Crippen LogP contribution in [0.3, 0.4) is 0 Å². The minimum absolute atomic E-state index is 0.277. The first-order chi connectivity index (χ1) is 9.65. The molecular weight excluding hydrogens is 338 g/mol. The molecule has 0 aliphatic rings. The maximum atomic E-state index is 6.02. The highest BCUT2D eigenvalue weighted by Crippen LogP contribution is 2.31. The standard InChI is InChI=1S/C16H19BrClNO/c1-3-9-19-14(4-2)16-8-7-15(20-16)11-5-6-13(18)12(17)10-11/h5-8,10,14,19H,3-4,9H2,1-2H3. The fourth-order valence-electron chi connectivity index (χ4n) is 2.11. The van der Waals surface area contributed by atoms with E-state index in [2.05, 4.69) is 41.2 Å². The van der Waals surface area contributed by atoms with Crippen LogP contribution < -0.4 is 5.32 Å². The van der Waals surface area contributed by atoms with E-state index in [-0.39, 0.29) is 6.04 Å². The number of furan rings is 1. The number of rotatable bonds is 6. The second-order valence-corrected chi connectivity index (χ2v) is 6.01. The van der Waals surface area contributed by atoms with Crippen molar-refractivity contribution in [2.75, 3.05) is 6.54 Å². The quantitative estimate of drug-likeness (QED) is 0.706. The van der Waals surface area contributed by atoms with Crippen molar-refractivity contribution in [2.24, 2.45) is 0 Å². The molecule has 1 aromatic heterocycles. The molecule has 2 nitrogen and oxygen atoms in total. The molecule has 2 rings (SSSR count). The van der Waals surface area contributed by atoms with E-state index in [0.29, 0.717) is 5.02 Å². The summed E-state index contributed by atoms with van der Waals surface area (Å²) in [4.78, 5) is 0. The van der Waals surface area contributed by atoms with Crippen LogP contribution in [-0.2, 0) is 0 Å². The summed E-state index contributed by atoms with van der Waals surface area (Å²) in [6.45, 7) is 5.33. The molecule has 0 saturated heterocycles. The van der Waals surface area contributed by atoms with Crippen molar-refractivity contribution in [1.82, 2.24) is 5.32 Å². The molecule has 2 aromatic rings. The lowest BCUT2D eigenvalue weighted by molar-refractivity contribution is 0.411. The number of nitrogens with one attached hydrogen (secondary N) is 1. The minimum atomic E-state index is 0.277. The summed E-state index contributed by atoms with van der Waals surface area (Å²) in [6.07, 6.45) is 2.13. The maximum absolute atomic E-state index is 6.02. The van der Waals surface area contributed by atoms with Gasteiger partial charge in [0.1, 0.15) is 11.5 Å². The Bertz CT molecular complexity index is 567. The third-order valence-corrected chi connectivity index (χ3v) is 4.44. The first-order valence-corrected chi connectivity index (χ1v) is 8.11. The lowest BCUT2D eigenvalue weighted by Gasteiger charge is -2.13. The average Bonchev–Trinajstić information content (AvgIpc) is 2.92. The summed E-state index contributed by atoms with van der Waals surface area (Å²) in [5.41, 5.74) is 1.03. The molecule has 1 N–H and O–H groups in total. The Morgan fingerprint density at radius 2 is 2.05 bits per heavy atom. The summed E-state index contributed by atoms with van der Waals surface area (Å²) in [7, 11) is 0. The van der Waals surface area contributed by atoms with Gasteiger partial charge in [-0.3, -0.25) is 0 Å². The SMILES string of the molecule is CCCNC(CC)c1ccc(-c2ccc(Cl)c(Br)c2)o1. The largest absolute Gasteiger partial charge is 0.459 e. The third kappa shape index (κ3) is 3.66. The molecule has 0 fully saturated rings. The summed E-state index contributed by atoms with van der Waals surface area (Å²) in [6, 6.07) is 10.2. The molecular formula is C16H19BrClNO. The summed E-state index contributed by atoms with van der Waals surface area (Å²) in [5, 5.41) is 4.20. The van der Waals surface area contributed by atoms with Gasteiger partial charge in [-0.1, -0.05) is 25.4 Å². The van der Waals surface area contributed by atoms with Crippen molar-refractivity contribution in [3.05, 3.63) is 45.6 Å². The molecule has 1 aromatic carbocycles. The van der Waals surface area contributed by atoms with Crippen LogP contribution in [0.25, 0.3) is 11.3 Å². The second-order valence-electron chi connectivity index (χ2n) is 4.75. The van der Waals surface area contributed by atoms with Gasteiger partial charge in [0.25, 0.3) is 0 Å². The molecule has 1 unspecified atom stereocenters. The maximum Gasteiger partial charge on any atom is 0.134 e. The van der Waals surface area contributed by atoms with Gasteiger partial charge in [0, 0.05) is 10.0 Å². The molecule has 0 amide bonds. The molecule has 0 spiro atoms. The Morgan fingerprint density at radius 1 is 1.25 bits per heavy atom. The highest BCUT2D eigenvalue weighted by atomic mass is 79.9. The predicted molar refractivity (Wildman–Crippen MR) is 88.2 cm³/mol. The number of hydrogen-bond donors (Lipinski definition) is 1. The van der Waals surface area contributed by atoms with Crippen LogP contribution in [0.1, 0.15) is 38.5 Å². The lowest BCUT2D eigenvalue weighted by atomic mass is 10.1. The van der Waals surface area contributed by atoms with Crippen molar-refractivity contribution in [1.29, 1.82) is 0 Å². The molecule has 0 radical (unpaired) electrons. The number of benzene rings is 1. The highest BCUT2D eigenvalue weighted by Gasteiger charge is 2.14. The molecule has 108 valence electrons. The van der Waals surface area contributed by atoms with Crippen molar-refractivity contribution in [3.8, 4) is 11.3 Å². The van der Waals surface area contributed by atoms with Crippen LogP contribution in [0.15, 0.2) is 39.2 Å². The molecule has 0 aliphatic carbocycles. The van der Waals surface area contributed by atoms with Gasteiger partial charge in [-0.25, -0.2) is 0 Å². The number of halogens is 2. The topological polar surface area (TPSA) is 25.2 Å². The van der Waals surface area contributed by atoms with Crippen molar-refractivity contribution < 1.29 is 4.42 Å².